The second-order valence-corrected chi connectivity index (χ2v) is 3.38. The number of hydrogen-bond acceptors (Lipinski definition) is 2. The third-order valence-electron chi connectivity index (χ3n) is 1.67. The molecule has 0 fully saturated rings. The van der Waals surface area contributed by atoms with E-state index in [1.165, 1.54) is 0 Å². The van der Waals surface area contributed by atoms with E-state index in [-0.39, 0.29) is 6.61 Å². The molecule has 0 aliphatic carbocycles. The molecule has 0 saturated carbocycles. The van der Waals surface area contributed by atoms with Crippen LogP contribution in [0.25, 0.3) is 0 Å². The standard InChI is InChI=1S/C10H10Cl2O2/c1-2-5-14-9-4-3-8(11)10(12)7(9)6-13/h2-4,13H,1,5-6H2. The van der Waals surface area contributed by atoms with Crippen LogP contribution in [-0.2, 0) is 6.61 Å². The van der Waals surface area contributed by atoms with Crippen molar-refractivity contribution in [2.24, 2.45) is 0 Å². The van der Waals surface area contributed by atoms with Gasteiger partial charge in [0.25, 0.3) is 0 Å². The van der Waals surface area contributed by atoms with Gasteiger partial charge in [0.1, 0.15) is 12.4 Å². The second kappa shape index (κ2) is 5.25. The molecule has 0 spiro atoms. The Morgan fingerprint density at radius 1 is 1.43 bits per heavy atom. The van der Waals surface area contributed by atoms with Crippen LogP contribution in [0.1, 0.15) is 5.56 Å². The van der Waals surface area contributed by atoms with Crippen LogP contribution in [0.15, 0.2) is 24.8 Å². The Kier molecular flexibility index (Phi) is 4.26. The van der Waals surface area contributed by atoms with Crippen LogP contribution in [-0.4, -0.2) is 11.7 Å². The highest BCUT2D eigenvalue weighted by Gasteiger charge is 2.10. The summed E-state index contributed by atoms with van der Waals surface area (Å²) in [6.45, 7) is 3.69. The van der Waals surface area contributed by atoms with Crippen molar-refractivity contribution in [1.29, 1.82) is 0 Å². The van der Waals surface area contributed by atoms with Crippen LogP contribution in [0.5, 0.6) is 5.75 Å². The fraction of sp³-hybridized carbons (Fsp3) is 0.200. The van der Waals surface area contributed by atoms with E-state index < -0.39 is 0 Å². The lowest BCUT2D eigenvalue weighted by atomic mass is 10.2. The Morgan fingerprint density at radius 3 is 2.71 bits per heavy atom. The van der Waals surface area contributed by atoms with Crippen molar-refractivity contribution in [1.82, 2.24) is 0 Å². The van der Waals surface area contributed by atoms with Gasteiger partial charge in [-0.3, -0.25) is 0 Å². The molecular weight excluding hydrogens is 223 g/mol. The molecule has 0 atom stereocenters. The summed E-state index contributed by atoms with van der Waals surface area (Å²) in [4.78, 5) is 0. The Morgan fingerprint density at radius 2 is 2.14 bits per heavy atom. The lowest BCUT2D eigenvalue weighted by Gasteiger charge is -2.10. The zero-order chi connectivity index (χ0) is 10.6. The number of aliphatic hydroxyl groups is 1. The molecule has 76 valence electrons. The van der Waals surface area contributed by atoms with Gasteiger partial charge in [0, 0.05) is 5.56 Å². The maximum atomic E-state index is 9.07. The van der Waals surface area contributed by atoms with Crippen LogP contribution in [0.2, 0.25) is 10.0 Å². The van der Waals surface area contributed by atoms with Gasteiger partial charge in [-0.2, -0.15) is 0 Å². The van der Waals surface area contributed by atoms with E-state index >= 15 is 0 Å². The molecule has 0 unspecified atom stereocenters. The van der Waals surface area contributed by atoms with E-state index in [4.69, 9.17) is 33.0 Å². The van der Waals surface area contributed by atoms with Gasteiger partial charge >= 0.3 is 0 Å². The Labute approximate surface area is 92.7 Å². The first-order valence-electron chi connectivity index (χ1n) is 4.02. The van der Waals surface area contributed by atoms with E-state index in [1.54, 1.807) is 18.2 Å². The molecule has 0 radical (unpaired) electrons. The van der Waals surface area contributed by atoms with Crippen LogP contribution < -0.4 is 4.74 Å². The van der Waals surface area contributed by atoms with Gasteiger partial charge in [0.2, 0.25) is 0 Å². The second-order valence-electron chi connectivity index (χ2n) is 2.60. The summed E-state index contributed by atoms with van der Waals surface area (Å²) in [6, 6.07) is 3.30. The predicted octanol–water partition coefficient (Wildman–Crippen LogP) is 3.05. The van der Waals surface area contributed by atoms with Gasteiger partial charge in [-0.05, 0) is 12.1 Å². The summed E-state index contributed by atoms with van der Waals surface area (Å²) in [6.07, 6.45) is 1.61. The first-order valence-corrected chi connectivity index (χ1v) is 4.77. The fourth-order valence-electron chi connectivity index (χ4n) is 1.01. The molecule has 0 amide bonds. The minimum absolute atomic E-state index is 0.203. The number of benzene rings is 1. The monoisotopic (exact) mass is 232 g/mol. The minimum Gasteiger partial charge on any atom is -0.489 e. The summed E-state index contributed by atoms with van der Waals surface area (Å²) in [5, 5.41) is 9.81. The molecule has 0 aliphatic rings. The van der Waals surface area contributed by atoms with Crippen molar-refractivity contribution >= 4 is 23.2 Å². The summed E-state index contributed by atoms with van der Waals surface area (Å²) in [7, 11) is 0. The Hall–Kier alpha value is -0.700. The van der Waals surface area contributed by atoms with Crippen molar-refractivity contribution < 1.29 is 9.84 Å². The van der Waals surface area contributed by atoms with Gasteiger partial charge in [-0.25, -0.2) is 0 Å². The molecule has 0 saturated heterocycles. The van der Waals surface area contributed by atoms with Crippen molar-refractivity contribution in [3.63, 3.8) is 0 Å². The normalized spacial score (nSPS) is 9.93. The molecule has 0 heterocycles. The average molecular weight is 233 g/mol. The third-order valence-corrected chi connectivity index (χ3v) is 2.51. The zero-order valence-electron chi connectivity index (χ0n) is 7.46. The van der Waals surface area contributed by atoms with E-state index in [9.17, 15) is 0 Å². The fourth-order valence-corrected chi connectivity index (χ4v) is 1.40. The molecule has 14 heavy (non-hydrogen) atoms. The Bertz CT molecular complexity index is 337. The zero-order valence-corrected chi connectivity index (χ0v) is 8.98. The maximum absolute atomic E-state index is 9.07. The van der Waals surface area contributed by atoms with Crippen molar-refractivity contribution in [3.8, 4) is 5.75 Å². The summed E-state index contributed by atoms with van der Waals surface area (Å²) >= 11 is 11.7. The van der Waals surface area contributed by atoms with Crippen LogP contribution >= 0.6 is 23.2 Å². The number of aliphatic hydroxyl groups excluding tert-OH is 1. The summed E-state index contributed by atoms with van der Waals surface area (Å²) < 4.78 is 5.29. The number of halogens is 2. The van der Waals surface area contributed by atoms with Crippen LogP contribution in [0.3, 0.4) is 0 Å². The van der Waals surface area contributed by atoms with Crippen molar-refractivity contribution in [2.75, 3.05) is 6.61 Å². The molecule has 1 N–H and O–H groups in total. The first-order chi connectivity index (χ1) is 6.70. The molecule has 0 bridgehead atoms. The third kappa shape index (κ3) is 2.41. The summed E-state index contributed by atoms with van der Waals surface area (Å²) in [5.74, 6) is 0.529. The van der Waals surface area contributed by atoms with Crippen molar-refractivity contribution in [2.45, 2.75) is 6.61 Å². The molecule has 0 aliphatic heterocycles. The van der Waals surface area contributed by atoms with Gasteiger partial charge in [-0.15, -0.1) is 0 Å². The van der Waals surface area contributed by atoms with Gasteiger partial charge in [-0.1, -0.05) is 35.9 Å². The molecule has 1 aromatic rings. The maximum Gasteiger partial charge on any atom is 0.126 e. The van der Waals surface area contributed by atoms with Crippen LogP contribution in [0.4, 0.5) is 0 Å². The topological polar surface area (TPSA) is 29.5 Å². The molecule has 4 heteroatoms. The first kappa shape index (κ1) is 11.4. The quantitative estimate of drug-likeness (QED) is 0.810. The predicted molar refractivity (Wildman–Crippen MR) is 58.1 cm³/mol. The van der Waals surface area contributed by atoms with Gasteiger partial charge < -0.3 is 9.84 Å². The molecular formula is C10H10Cl2O2. The number of rotatable bonds is 4. The largest absolute Gasteiger partial charge is 0.489 e. The van der Waals surface area contributed by atoms with E-state index in [0.717, 1.165) is 0 Å². The van der Waals surface area contributed by atoms with Gasteiger partial charge in [0.15, 0.2) is 0 Å². The highest BCUT2D eigenvalue weighted by Crippen LogP contribution is 2.32. The highest BCUT2D eigenvalue weighted by atomic mass is 35.5. The average Bonchev–Trinajstić information content (AvgIpc) is 2.20. The summed E-state index contributed by atoms with van der Waals surface area (Å²) in [5.41, 5.74) is 0.501. The lowest BCUT2D eigenvalue weighted by molar-refractivity contribution is 0.270. The number of ether oxygens (including phenoxy) is 1. The molecule has 1 aromatic carbocycles. The lowest BCUT2D eigenvalue weighted by Crippen LogP contribution is -1.98. The SMILES string of the molecule is C=CCOc1ccc(Cl)c(Cl)c1CO. The van der Waals surface area contributed by atoms with E-state index in [0.29, 0.717) is 28.0 Å². The smallest absolute Gasteiger partial charge is 0.126 e. The number of hydrogen-bond donors (Lipinski definition) is 1. The van der Waals surface area contributed by atoms with E-state index in [2.05, 4.69) is 6.58 Å². The highest BCUT2D eigenvalue weighted by molar-refractivity contribution is 6.42. The Balaban J connectivity index is 3.03. The van der Waals surface area contributed by atoms with Crippen molar-refractivity contribution in [3.05, 3.63) is 40.4 Å². The molecule has 0 aromatic heterocycles. The molecule has 2 nitrogen and oxygen atoms in total. The van der Waals surface area contributed by atoms with Gasteiger partial charge in [0.05, 0.1) is 16.7 Å². The van der Waals surface area contributed by atoms with E-state index in [1.807, 2.05) is 0 Å². The minimum atomic E-state index is -0.203. The molecule has 1 rings (SSSR count). The van der Waals surface area contributed by atoms with Crippen LogP contribution in [0, 0.1) is 0 Å².